The molecular weight excluding hydrogens is 270 g/mol. The first-order valence-electron chi connectivity index (χ1n) is 6.84. The molecule has 6 nitrogen and oxygen atoms in total. The molecule has 0 amide bonds. The van der Waals surface area contributed by atoms with E-state index in [1.807, 2.05) is 40.7 Å². The van der Waals surface area contributed by atoms with Gasteiger partial charge in [-0.05, 0) is 34.6 Å². The van der Waals surface area contributed by atoms with Gasteiger partial charge in [-0.15, -0.1) is 0 Å². The molecule has 1 aromatic heterocycles. The van der Waals surface area contributed by atoms with Crippen LogP contribution in [0.5, 0.6) is 0 Å². The Morgan fingerprint density at radius 1 is 1.24 bits per heavy atom. The van der Waals surface area contributed by atoms with Crippen LogP contribution in [0.4, 0.5) is 5.82 Å². The molecule has 0 aliphatic carbocycles. The third kappa shape index (κ3) is 3.91. The highest BCUT2D eigenvalue weighted by Gasteiger charge is 2.44. The summed E-state index contributed by atoms with van der Waals surface area (Å²) in [6, 6.07) is 1.84. The third-order valence-electron chi connectivity index (χ3n) is 3.87. The van der Waals surface area contributed by atoms with Gasteiger partial charge >= 0.3 is 5.97 Å². The van der Waals surface area contributed by atoms with Crippen LogP contribution in [-0.4, -0.2) is 35.7 Å². The average molecular weight is 295 g/mol. The van der Waals surface area contributed by atoms with Crippen molar-refractivity contribution in [3.63, 3.8) is 0 Å². The fourth-order valence-corrected chi connectivity index (χ4v) is 1.87. The van der Waals surface area contributed by atoms with Gasteiger partial charge in [-0.1, -0.05) is 0 Å². The van der Waals surface area contributed by atoms with E-state index in [-0.39, 0.29) is 5.97 Å². The Morgan fingerprint density at radius 2 is 1.86 bits per heavy atom. The third-order valence-corrected chi connectivity index (χ3v) is 3.87. The van der Waals surface area contributed by atoms with Gasteiger partial charge in [-0.3, -0.25) is 4.79 Å². The molecule has 0 bridgehead atoms. The van der Waals surface area contributed by atoms with Crippen LogP contribution in [0, 0.1) is 12.3 Å². The number of methoxy groups -OCH3 is 2. The highest BCUT2D eigenvalue weighted by Crippen LogP contribution is 2.34. The molecule has 0 saturated heterocycles. The first-order valence-corrected chi connectivity index (χ1v) is 6.84. The largest absolute Gasteiger partial charge is 0.469 e. The molecule has 1 rings (SSSR count). The van der Waals surface area contributed by atoms with Gasteiger partial charge in [0, 0.05) is 24.4 Å². The lowest BCUT2D eigenvalue weighted by Gasteiger charge is -2.40. The number of nitrogens with zero attached hydrogens (tertiary/aromatic N) is 2. The molecule has 1 N–H and O–H groups in total. The number of aryl methyl sites for hydroxylation is 1. The number of nitrogens with one attached hydrogen (secondary N) is 1. The van der Waals surface area contributed by atoms with Crippen LogP contribution in [0.25, 0.3) is 0 Å². The van der Waals surface area contributed by atoms with Crippen LogP contribution in [0.15, 0.2) is 6.07 Å². The highest BCUT2D eigenvalue weighted by molar-refractivity contribution is 5.78. The lowest BCUT2D eigenvalue weighted by molar-refractivity contribution is -0.153. The second-order valence-corrected chi connectivity index (χ2v) is 6.11. The fraction of sp³-hybridized carbons (Fsp3) is 0.667. The Morgan fingerprint density at radius 3 is 2.38 bits per heavy atom. The summed E-state index contributed by atoms with van der Waals surface area (Å²) in [7, 11) is 2.99. The van der Waals surface area contributed by atoms with E-state index >= 15 is 0 Å². The molecule has 0 spiro atoms. The zero-order valence-corrected chi connectivity index (χ0v) is 13.9. The monoisotopic (exact) mass is 295 g/mol. The number of rotatable bonds is 6. The van der Waals surface area contributed by atoms with Crippen LogP contribution in [-0.2, 0) is 20.9 Å². The first kappa shape index (κ1) is 17.4. The minimum Gasteiger partial charge on any atom is -0.469 e. The maximum atomic E-state index is 12.0. The highest BCUT2D eigenvalue weighted by atomic mass is 16.5. The fourth-order valence-electron chi connectivity index (χ4n) is 1.87. The average Bonchev–Trinajstić information content (AvgIpc) is 2.36. The number of carbonyl (C=O) groups is 1. The molecule has 6 heteroatoms. The summed E-state index contributed by atoms with van der Waals surface area (Å²) in [5.74, 6) is 0.992. The second-order valence-electron chi connectivity index (χ2n) is 6.11. The number of anilines is 1. The van der Waals surface area contributed by atoms with E-state index < -0.39 is 11.0 Å². The quantitative estimate of drug-likeness (QED) is 0.812. The van der Waals surface area contributed by atoms with Gasteiger partial charge < -0.3 is 14.8 Å². The van der Waals surface area contributed by atoms with Crippen molar-refractivity contribution in [2.75, 3.05) is 19.5 Å². The molecule has 0 unspecified atom stereocenters. The Bertz CT molecular complexity index is 513. The van der Waals surface area contributed by atoms with Crippen LogP contribution in [0.2, 0.25) is 0 Å². The number of hydrogen-bond acceptors (Lipinski definition) is 6. The number of esters is 1. The van der Waals surface area contributed by atoms with E-state index in [1.54, 1.807) is 7.11 Å². The van der Waals surface area contributed by atoms with Crippen molar-refractivity contribution in [2.45, 2.75) is 46.8 Å². The summed E-state index contributed by atoms with van der Waals surface area (Å²) in [6.45, 7) is 9.81. The molecule has 0 fully saturated rings. The predicted molar refractivity (Wildman–Crippen MR) is 81.0 cm³/mol. The first-order chi connectivity index (χ1) is 9.64. The van der Waals surface area contributed by atoms with Gasteiger partial charge in [0.25, 0.3) is 0 Å². The maximum Gasteiger partial charge on any atom is 0.313 e. The molecule has 0 aromatic carbocycles. The molecular formula is C15H25N3O3. The number of ether oxygens (including phenoxy) is 2. The lowest BCUT2D eigenvalue weighted by atomic mass is 9.74. The molecule has 0 aliphatic rings. The molecule has 0 radical (unpaired) electrons. The summed E-state index contributed by atoms with van der Waals surface area (Å²) in [6.07, 6.45) is 0. The van der Waals surface area contributed by atoms with Crippen molar-refractivity contribution in [2.24, 2.45) is 5.41 Å². The Kier molecular flexibility index (Phi) is 5.28. The molecule has 21 heavy (non-hydrogen) atoms. The number of carbonyl (C=O) groups excluding carboxylic acids is 1. The minimum atomic E-state index is -0.720. The molecule has 0 aliphatic heterocycles. The van der Waals surface area contributed by atoms with E-state index in [0.717, 1.165) is 5.69 Å². The van der Waals surface area contributed by atoms with Crippen molar-refractivity contribution in [3.8, 4) is 0 Å². The molecule has 0 saturated carbocycles. The predicted octanol–water partition coefficient (Wildman–Crippen LogP) is 2.32. The summed E-state index contributed by atoms with van der Waals surface area (Å²) < 4.78 is 9.96. The zero-order valence-electron chi connectivity index (χ0n) is 13.9. The van der Waals surface area contributed by atoms with Crippen molar-refractivity contribution < 1.29 is 14.3 Å². The van der Waals surface area contributed by atoms with Gasteiger partial charge in [0.15, 0.2) is 5.82 Å². The summed E-state index contributed by atoms with van der Waals surface area (Å²) >= 11 is 0. The topological polar surface area (TPSA) is 73.3 Å². The lowest BCUT2D eigenvalue weighted by Crippen LogP contribution is -2.51. The number of hydrogen-bond donors (Lipinski definition) is 1. The minimum absolute atomic E-state index is 0.275. The standard InChI is InChI=1S/C15H25N3O3/c1-10-8-11(17-12(16-10)9-20-6)18-15(4,5)14(2,3)13(19)21-7/h8H,9H2,1-7H3,(H,16,17,18). The van der Waals surface area contributed by atoms with Crippen molar-refractivity contribution in [3.05, 3.63) is 17.6 Å². The van der Waals surface area contributed by atoms with E-state index in [0.29, 0.717) is 18.2 Å². The van der Waals surface area contributed by atoms with E-state index in [2.05, 4.69) is 15.3 Å². The Labute approximate surface area is 126 Å². The van der Waals surface area contributed by atoms with Crippen LogP contribution < -0.4 is 5.32 Å². The van der Waals surface area contributed by atoms with Gasteiger partial charge in [-0.2, -0.15) is 0 Å². The zero-order chi connectivity index (χ0) is 16.3. The summed E-state index contributed by atoms with van der Waals surface area (Å²) in [4.78, 5) is 20.7. The van der Waals surface area contributed by atoms with Crippen molar-refractivity contribution in [1.82, 2.24) is 9.97 Å². The maximum absolute atomic E-state index is 12.0. The van der Waals surface area contributed by atoms with Gasteiger partial charge in [0.05, 0.1) is 12.5 Å². The SMILES string of the molecule is COCc1nc(C)cc(NC(C)(C)C(C)(C)C(=O)OC)n1. The summed E-state index contributed by atoms with van der Waals surface area (Å²) in [5.41, 5.74) is -0.431. The van der Waals surface area contributed by atoms with Crippen LogP contribution in [0.1, 0.15) is 39.2 Å². The smallest absolute Gasteiger partial charge is 0.313 e. The van der Waals surface area contributed by atoms with E-state index in [4.69, 9.17) is 9.47 Å². The van der Waals surface area contributed by atoms with Crippen LogP contribution in [0.3, 0.4) is 0 Å². The van der Waals surface area contributed by atoms with E-state index in [9.17, 15) is 4.79 Å². The Hall–Kier alpha value is -1.69. The van der Waals surface area contributed by atoms with E-state index in [1.165, 1.54) is 7.11 Å². The molecule has 0 atom stereocenters. The summed E-state index contributed by atoms with van der Waals surface area (Å²) in [5, 5.41) is 3.31. The molecule has 1 heterocycles. The Balaban J connectivity index is 3.06. The molecule has 118 valence electrons. The van der Waals surface area contributed by atoms with Crippen molar-refractivity contribution >= 4 is 11.8 Å². The van der Waals surface area contributed by atoms with Crippen molar-refractivity contribution in [1.29, 1.82) is 0 Å². The van der Waals surface area contributed by atoms with Gasteiger partial charge in [0.2, 0.25) is 0 Å². The normalized spacial score (nSPS) is 12.1. The van der Waals surface area contributed by atoms with Crippen LogP contribution >= 0.6 is 0 Å². The van der Waals surface area contributed by atoms with Gasteiger partial charge in [-0.25, -0.2) is 9.97 Å². The number of aromatic nitrogens is 2. The molecule has 1 aromatic rings. The van der Waals surface area contributed by atoms with Gasteiger partial charge in [0.1, 0.15) is 12.4 Å². The second kappa shape index (κ2) is 6.39.